The Kier molecular flexibility index (Phi) is 7.73. The van der Waals surface area contributed by atoms with E-state index in [4.69, 9.17) is 16.3 Å². The van der Waals surface area contributed by atoms with Crippen molar-refractivity contribution in [2.24, 2.45) is 5.41 Å². The molecule has 0 fully saturated rings. The van der Waals surface area contributed by atoms with Crippen molar-refractivity contribution in [1.82, 2.24) is 4.98 Å². The highest BCUT2D eigenvalue weighted by atomic mass is 16.6. The van der Waals surface area contributed by atoms with Gasteiger partial charge in [0.2, 0.25) is 0 Å². The highest BCUT2D eigenvalue weighted by molar-refractivity contribution is 5.88. The number of nitrogens with two attached hydrogens (primary N) is 1. The van der Waals surface area contributed by atoms with Gasteiger partial charge in [-0.05, 0) is 26.8 Å². The molecule has 0 aliphatic rings. The SMILES string of the molecule is CC(C)(C)C#Cc1cc([N+](=O)[O-])cc(C#N)c1N.CC(C)(C)c1cc2cc([N+](=O)[O-])cc(C#N)c2[nH]1. The number of nitrogen functional groups attached to an aromatic ring is 1. The van der Waals surface area contributed by atoms with Crippen LogP contribution in [-0.2, 0) is 5.41 Å². The Bertz CT molecular complexity index is 1500. The lowest BCUT2D eigenvalue weighted by Gasteiger charge is -2.15. The largest absolute Gasteiger partial charge is 0.397 e. The summed E-state index contributed by atoms with van der Waals surface area (Å²) in [5.74, 6) is 5.73. The fourth-order valence-electron chi connectivity index (χ4n) is 3.02. The van der Waals surface area contributed by atoms with E-state index in [9.17, 15) is 20.2 Å². The second kappa shape index (κ2) is 10.2. The number of nitrogens with one attached hydrogen (secondary N) is 1. The summed E-state index contributed by atoms with van der Waals surface area (Å²) in [6.45, 7) is 11.9. The van der Waals surface area contributed by atoms with Gasteiger partial charge >= 0.3 is 0 Å². The molecule has 3 N–H and O–H groups in total. The zero-order chi connectivity index (χ0) is 27.4. The summed E-state index contributed by atoms with van der Waals surface area (Å²) in [4.78, 5) is 23.7. The van der Waals surface area contributed by atoms with Crippen molar-refractivity contribution in [2.45, 2.75) is 47.0 Å². The molecule has 1 heterocycles. The van der Waals surface area contributed by atoms with Gasteiger partial charge in [-0.1, -0.05) is 32.6 Å². The summed E-state index contributed by atoms with van der Waals surface area (Å²) < 4.78 is 0. The Morgan fingerprint density at radius 3 is 1.81 bits per heavy atom. The number of hydrogen-bond donors (Lipinski definition) is 2. The predicted molar refractivity (Wildman–Crippen MR) is 137 cm³/mol. The molecular formula is C26H26N6O4. The number of fused-ring (bicyclic) bond motifs is 1. The quantitative estimate of drug-likeness (QED) is 0.202. The van der Waals surface area contributed by atoms with Gasteiger partial charge in [-0.3, -0.25) is 20.2 Å². The van der Waals surface area contributed by atoms with Crippen LogP contribution in [-0.4, -0.2) is 14.8 Å². The minimum atomic E-state index is -0.567. The number of nitrogens with zero attached hydrogens (tertiary/aromatic N) is 4. The lowest BCUT2D eigenvalue weighted by atomic mass is 9.92. The zero-order valence-corrected chi connectivity index (χ0v) is 20.9. The van der Waals surface area contributed by atoms with Crippen LogP contribution in [0.3, 0.4) is 0 Å². The van der Waals surface area contributed by atoms with E-state index >= 15 is 0 Å². The van der Waals surface area contributed by atoms with Crippen LogP contribution in [0.25, 0.3) is 10.9 Å². The standard InChI is InChI=1S/2C13H13N3O2/c1-13(2,3)11-6-8-4-10(16(17)18)5-9(7-14)12(8)15-11;1-13(2,3)5-4-9-6-11(16(17)18)7-10(8-14)12(9)15/h4-6,15H,1-3H3;6-7H,15H2,1-3H3. The predicted octanol–water partition coefficient (Wildman–Crippen LogP) is 5.69. The second-order valence-corrected chi connectivity index (χ2v) is 10.1. The Morgan fingerprint density at radius 2 is 1.33 bits per heavy atom. The van der Waals surface area contributed by atoms with Crippen LogP contribution in [0.15, 0.2) is 30.3 Å². The molecule has 10 heteroatoms. The molecule has 0 spiro atoms. The van der Waals surface area contributed by atoms with E-state index in [0.29, 0.717) is 22.0 Å². The molecule has 2 aromatic carbocycles. The van der Waals surface area contributed by atoms with Gasteiger partial charge in [-0.25, -0.2) is 0 Å². The first-order valence-electron chi connectivity index (χ1n) is 10.8. The molecule has 0 radical (unpaired) electrons. The zero-order valence-electron chi connectivity index (χ0n) is 20.9. The molecule has 0 unspecified atom stereocenters. The smallest absolute Gasteiger partial charge is 0.272 e. The monoisotopic (exact) mass is 486 g/mol. The summed E-state index contributed by atoms with van der Waals surface area (Å²) in [6.07, 6.45) is 0. The van der Waals surface area contributed by atoms with E-state index < -0.39 is 9.85 Å². The lowest BCUT2D eigenvalue weighted by molar-refractivity contribution is -0.385. The fraction of sp³-hybridized carbons (Fsp3) is 0.308. The van der Waals surface area contributed by atoms with Crippen molar-refractivity contribution in [1.29, 1.82) is 10.5 Å². The molecule has 184 valence electrons. The van der Waals surface area contributed by atoms with E-state index in [1.54, 1.807) is 0 Å². The van der Waals surface area contributed by atoms with Crippen LogP contribution in [0.2, 0.25) is 0 Å². The number of nitro benzene ring substituents is 2. The van der Waals surface area contributed by atoms with Crippen LogP contribution < -0.4 is 5.73 Å². The number of benzene rings is 2. The normalized spacial score (nSPS) is 10.8. The van der Waals surface area contributed by atoms with Crippen LogP contribution in [0, 0.1) is 60.1 Å². The van der Waals surface area contributed by atoms with Gasteiger partial charge in [-0.15, -0.1) is 0 Å². The summed E-state index contributed by atoms with van der Waals surface area (Å²) >= 11 is 0. The van der Waals surface area contributed by atoms with Crippen LogP contribution in [0.1, 0.15) is 63.9 Å². The molecule has 1 aromatic heterocycles. The number of nitro groups is 2. The Morgan fingerprint density at radius 1 is 0.833 bits per heavy atom. The van der Waals surface area contributed by atoms with E-state index in [-0.39, 0.29) is 33.5 Å². The van der Waals surface area contributed by atoms with Crippen molar-refractivity contribution in [3.8, 4) is 24.0 Å². The van der Waals surface area contributed by atoms with Gasteiger partial charge in [0.25, 0.3) is 11.4 Å². The Labute approximate surface area is 208 Å². The first-order chi connectivity index (χ1) is 16.6. The number of H-pyrrole nitrogens is 1. The van der Waals surface area contributed by atoms with E-state index in [2.05, 4.69) is 16.8 Å². The number of non-ortho nitro benzene ring substituents is 2. The lowest BCUT2D eigenvalue weighted by Crippen LogP contribution is -2.11. The van der Waals surface area contributed by atoms with Gasteiger partial charge in [0.15, 0.2) is 0 Å². The second-order valence-electron chi connectivity index (χ2n) is 10.1. The van der Waals surface area contributed by atoms with Gasteiger partial charge in [0.05, 0.1) is 37.7 Å². The average Bonchev–Trinajstić information content (AvgIpc) is 3.22. The van der Waals surface area contributed by atoms with Crippen molar-refractivity contribution in [3.63, 3.8) is 0 Å². The maximum atomic E-state index is 10.8. The Hall–Kier alpha value is -4.88. The molecule has 0 aliphatic heterocycles. The maximum Gasteiger partial charge on any atom is 0.272 e. The summed E-state index contributed by atoms with van der Waals surface area (Å²) in [6, 6.07) is 10.9. The van der Waals surface area contributed by atoms with Crippen molar-refractivity contribution >= 4 is 28.0 Å². The molecule has 0 aliphatic carbocycles. The van der Waals surface area contributed by atoms with Gasteiger partial charge in [-0.2, -0.15) is 10.5 Å². The van der Waals surface area contributed by atoms with Gasteiger partial charge in [0.1, 0.15) is 12.1 Å². The molecule has 3 rings (SSSR count). The molecule has 36 heavy (non-hydrogen) atoms. The van der Waals surface area contributed by atoms with Crippen molar-refractivity contribution in [3.05, 3.63) is 72.9 Å². The topological polar surface area (TPSA) is 176 Å². The summed E-state index contributed by atoms with van der Waals surface area (Å²) in [5, 5.41) is 40.2. The third-order valence-corrected chi connectivity index (χ3v) is 4.92. The van der Waals surface area contributed by atoms with Crippen LogP contribution >= 0.6 is 0 Å². The molecule has 0 bridgehead atoms. The molecule has 3 aromatic rings. The molecule has 0 saturated carbocycles. The first kappa shape index (κ1) is 27.4. The molecule has 0 atom stereocenters. The number of nitriles is 2. The number of aromatic amines is 1. The summed E-state index contributed by atoms with van der Waals surface area (Å²) in [5.41, 5.74) is 7.64. The minimum Gasteiger partial charge on any atom is -0.397 e. The van der Waals surface area contributed by atoms with E-state index in [1.165, 1.54) is 18.2 Å². The van der Waals surface area contributed by atoms with Gasteiger partial charge in [0, 0.05) is 46.2 Å². The number of rotatable bonds is 2. The first-order valence-corrected chi connectivity index (χ1v) is 10.8. The van der Waals surface area contributed by atoms with Crippen LogP contribution in [0.5, 0.6) is 0 Å². The molecule has 0 amide bonds. The summed E-state index contributed by atoms with van der Waals surface area (Å²) in [7, 11) is 0. The molecular weight excluding hydrogens is 460 g/mol. The highest BCUT2D eigenvalue weighted by Gasteiger charge is 2.20. The fourth-order valence-corrected chi connectivity index (χ4v) is 3.02. The van der Waals surface area contributed by atoms with Crippen molar-refractivity contribution < 1.29 is 9.85 Å². The van der Waals surface area contributed by atoms with Crippen molar-refractivity contribution in [2.75, 3.05) is 5.73 Å². The number of hydrogen-bond acceptors (Lipinski definition) is 7. The van der Waals surface area contributed by atoms with E-state index in [1.807, 2.05) is 59.7 Å². The highest BCUT2D eigenvalue weighted by Crippen LogP contribution is 2.30. The minimum absolute atomic E-state index is 0.0569. The third kappa shape index (κ3) is 6.59. The molecule has 10 nitrogen and oxygen atoms in total. The number of anilines is 1. The average molecular weight is 487 g/mol. The van der Waals surface area contributed by atoms with Gasteiger partial charge < -0.3 is 10.7 Å². The third-order valence-electron chi connectivity index (χ3n) is 4.92. The van der Waals surface area contributed by atoms with E-state index in [0.717, 1.165) is 11.8 Å². The Balaban J connectivity index is 0.000000254. The number of aromatic nitrogens is 1. The molecule has 0 saturated heterocycles. The maximum absolute atomic E-state index is 10.8. The van der Waals surface area contributed by atoms with Crippen LogP contribution in [0.4, 0.5) is 17.1 Å².